The number of carbonyl (C=O) groups is 1. The molecule has 8 heteroatoms. The van der Waals surface area contributed by atoms with Crippen LogP contribution >= 0.6 is 0 Å². The summed E-state index contributed by atoms with van der Waals surface area (Å²) in [6.07, 6.45) is 0.875. The molecule has 1 aromatic carbocycles. The zero-order chi connectivity index (χ0) is 20.4. The number of nitrogens with zero attached hydrogens (tertiary/aromatic N) is 2. The summed E-state index contributed by atoms with van der Waals surface area (Å²) < 4.78 is 35.7. The van der Waals surface area contributed by atoms with Gasteiger partial charge in [-0.05, 0) is 51.0 Å². The monoisotopic (exact) mass is 398 g/mol. The van der Waals surface area contributed by atoms with Crippen molar-refractivity contribution in [3.05, 3.63) is 24.3 Å². The molecule has 1 aromatic rings. The van der Waals surface area contributed by atoms with Crippen LogP contribution in [-0.2, 0) is 14.8 Å². The third-order valence-corrected chi connectivity index (χ3v) is 5.79. The average molecular weight is 399 g/mol. The van der Waals surface area contributed by atoms with E-state index in [9.17, 15) is 13.2 Å². The predicted octanol–water partition coefficient (Wildman–Crippen LogP) is 2.96. The van der Waals surface area contributed by atoms with E-state index < -0.39 is 15.6 Å². The van der Waals surface area contributed by atoms with E-state index in [1.165, 1.54) is 11.4 Å². The standard InChI is InChI=1S/C19H30N2O5S/c1-14-11-21(18(22)26-19(2,3)4)12-15(14)13-25-17-9-7-16(8-10-17)20(5)27(6,23)24/h7-10,14-15H,11-13H2,1-6H3/t14-,15+/m1/s1. The Labute approximate surface area is 162 Å². The first-order chi connectivity index (χ1) is 12.4. The largest absolute Gasteiger partial charge is 0.493 e. The maximum atomic E-state index is 12.2. The van der Waals surface area contributed by atoms with Gasteiger partial charge in [-0.25, -0.2) is 13.2 Å². The number of hydrogen-bond acceptors (Lipinski definition) is 5. The lowest BCUT2D eigenvalue weighted by atomic mass is 9.99. The van der Waals surface area contributed by atoms with Gasteiger partial charge in [0, 0.05) is 26.1 Å². The number of amides is 1. The molecule has 0 spiro atoms. The van der Waals surface area contributed by atoms with Crippen LogP contribution in [0.2, 0.25) is 0 Å². The van der Waals surface area contributed by atoms with Crippen molar-refractivity contribution < 1.29 is 22.7 Å². The fourth-order valence-corrected chi connectivity index (χ4v) is 3.38. The molecule has 0 aliphatic carbocycles. The van der Waals surface area contributed by atoms with E-state index in [4.69, 9.17) is 9.47 Å². The van der Waals surface area contributed by atoms with Crippen LogP contribution in [0.1, 0.15) is 27.7 Å². The minimum absolute atomic E-state index is 0.218. The second kappa shape index (κ2) is 7.96. The van der Waals surface area contributed by atoms with E-state index in [2.05, 4.69) is 6.92 Å². The number of sulfonamides is 1. The third-order valence-electron chi connectivity index (χ3n) is 4.58. The molecular weight excluding hydrogens is 368 g/mol. The average Bonchev–Trinajstić information content (AvgIpc) is 2.91. The lowest BCUT2D eigenvalue weighted by Gasteiger charge is -2.24. The summed E-state index contributed by atoms with van der Waals surface area (Å²) >= 11 is 0. The molecule has 1 saturated heterocycles. The van der Waals surface area contributed by atoms with E-state index in [1.807, 2.05) is 20.8 Å². The van der Waals surface area contributed by atoms with Gasteiger partial charge in [-0.15, -0.1) is 0 Å². The molecule has 2 rings (SSSR count). The van der Waals surface area contributed by atoms with Gasteiger partial charge in [0.2, 0.25) is 10.0 Å². The van der Waals surface area contributed by atoms with Crippen molar-refractivity contribution in [2.45, 2.75) is 33.3 Å². The molecule has 1 aliphatic rings. The molecular formula is C19H30N2O5S. The maximum absolute atomic E-state index is 12.2. The highest BCUT2D eigenvalue weighted by molar-refractivity contribution is 7.92. The Hall–Kier alpha value is -1.96. The van der Waals surface area contributed by atoms with Gasteiger partial charge in [-0.2, -0.15) is 0 Å². The smallest absolute Gasteiger partial charge is 0.410 e. The van der Waals surface area contributed by atoms with Crippen LogP contribution in [-0.4, -0.2) is 58.0 Å². The minimum atomic E-state index is -3.29. The number of anilines is 1. The van der Waals surface area contributed by atoms with Gasteiger partial charge in [0.05, 0.1) is 18.6 Å². The lowest BCUT2D eigenvalue weighted by molar-refractivity contribution is 0.0282. The quantitative estimate of drug-likeness (QED) is 0.762. The third kappa shape index (κ3) is 6.02. The van der Waals surface area contributed by atoms with Crippen molar-refractivity contribution in [2.75, 3.05) is 37.3 Å². The highest BCUT2D eigenvalue weighted by Crippen LogP contribution is 2.26. The molecule has 0 unspecified atom stereocenters. The predicted molar refractivity (Wildman–Crippen MR) is 106 cm³/mol. The molecule has 27 heavy (non-hydrogen) atoms. The Morgan fingerprint density at radius 2 is 1.81 bits per heavy atom. The molecule has 0 aromatic heterocycles. The molecule has 152 valence electrons. The van der Waals surface area contributed by atoms with Gasteiger partial charge in [0.25, 0.3) is 0 Å². The number of ether oxygens (including phenoxy) is 2. The molecule has 2 atom stereocenters. The number of rotatable bonds is 5. The fourth-order valence-electron chi connectivity index (χ4n) is 2.87. The molecule has 0 radical (unpaired) electrons. The molecule has 1 aliphatic heterocycles. The lowest BCUT2D eigenvalue weighted by Crippen LogP contribution is -2.35. The van der Waals surface area contributed by atoms with E-state index in [1.54, 1.807) is 29.2 Å². The Morgan fingerprint density at radius 3 is 2.33 bits per heavy atom. The van der Waals surface area contributed by atoms with Crippen LogP contribution < -0.4 is 9.04 Å². The van der Waals surface area contributed by atoms with Crippen LogP contribution in [0.15, 0.2) is 24.3 Å². The van der Waals surface area contributed by atoms with Gasteiger partial charge in [0.1, 0.15) is 11.4 Å². The summed E-state index contributed by atoms with van der Waals surface area (Å²) in [5.74, 6) is 1.20. The number of hydrogen-bond donors (Lipinski definition) is 0. The SMILES string of the molecule is C[C@@H]1CN(C(=O)OC(C)(C)C)C[C@H]1COc1ccc(N(C)S(C)(=O)=O)cc1. The van der Waals surface area contributed by atoms with Crippen LogP contribution in [0.3, 0.4) is 0 Å². The summed E-state index contributed by atoms with van der Waals surface area (Å²) in [5, 5.41) is 0. The Morgan fingerprint density at radius 1 is 1.22 bits per heavy atom. The highest BCUT2D eigenvalue weighted by atomic mass is 32.2. The zero-order valence-corrected chi connectivity index (χ0v) is 17.7. The first kappa shape index (κ1) is 21.3. The van der Waals surface area contributed by atoms with Crippen molar-refractivity contribution in [3.8, 4) is 5.75 Å². The van der Waals surface area contributed by atoms with Gasteiger partial charge in [-0.3, -0.25) is 4.31 Å². The number of benzene rings is 1. The summed E-state index contributed by atoms with van der Waals surface area (Å²) in [6, 6.07) is 6.92. The molecule has 1 fully saturated rings. The highest BCUT2D eigenvalue weighted by Gasteiger charge is 2.35. The normalized spacial score (nSPS) is 20.4. The molecule has 0 bridgehead atoms. The molecule has 1 heterocycles. The Balaban J connectivity index is 1.90. The van der Waals surface area contributed by atoms with Crippen LogP contribution in [0.4, 0.5) is 10.5 Å². The zero-order valence-electron chi connectivity index (χ0n) is 16.9. The van der Waals surface area contributed by atoms with E-state index in [-0.39, 0.29) is 12.0 Å². The van der Waals surface area contributed by atoms with Gasteiger partial charge < -0.3 is 14.4 Å². The van der Waals surface area contributed by atoms with E-state index in [0.29, 0.717) is 37.1 Å². The van der Waals surface area contributed by atoms with Crippen molar-refractivity contribution in [1.29, 1.82) is 0 Å². The Kier molecular flexibility index (Phi) is 6.29. The molecule has 0 saturated carbocycles. The van der Waals surface area contributed by atoms with Gasteiger partial charge in [0.15, 0.2) is 0 Å². The first-order valence-corrected chi connectivity index (χ1v) is 10.9. The second-order valence-electron chi connectivity index (χ2n) is 8.16. The minimum Gasteiger partial charge on any atom is -0.493 e. The van der Waals surface area contributed by atoms with Gasteiger partial charge >= 0.3 is 6.09 Å². The molecule has 0 N–H and O–H groups in total. The second-order valence-corrected chi connectivity index (χ2v) is 10.2. The van der Waals surface area contributed by atoms with E-state index in [0.717, 1.165) is 6.26 Å². The first-order valence-electron chi connectivity index (χ1n) is 9.01. The summed E-state index contributed by atoms with van der Waals surface area (Å²) in [7, 11) is -1.78. The van der Waals surface area contributed by atoms with Crippen molar-refractivity contribution >= 4 is 21.8 Å². The summed E-state index contributed by atoms with van der Waals surface area (Å²) in [5.41, 5.74) is 0.0747. The van der Waals surface area contributed by atoms with Crippen LogP contribution in [0.5, 0.6) is 5.75 Å². The number of carbonyl (C=O) groups excluding carboxylic acids is 1. The van der Waals surface area contributed by atoms with Crippen molar-refractivity contribution in [3.63, 3.8) is 0 Å². The van der Waals surface area contributed by atoms with E-state index >= 15 is 0 Å². The van der Waals surface area contributed by atoms with Crippen molar-refractivity contribution in [2.24, 2.45) is 11.8 Å². The van der Waals surface area contributed by atoms with Crippen LogP contribution in [0, 0.1) is 11.8 Å². The van der Waals surface area contributed by atoms with Crippen molar-refractivity contribution in [1.82, 2.24) is 4.90 Å². The molecule has 1 amide bonds. The molecule has 7 nitrogen and oxygen atoms in total. The fraction of sp³-hybridized carbons (Fsp3) is 0.632. The van der Waals surface area contributed by atoms with Crippen LogP contribution in [0.25, 0.3) is 0 Å². The summed E-state index contributed by atoms with van der Waals surface area (Å²) in [4.78, 5) is 13.9. The number of likely N-dealkylation sites (tertiary alicyclic amines) is 1. The Bertz CT molecular complexity index is 755. The summed E-state index contributed by atoms with van der Waals surface area (Å²) in [6.45, 7) is 9.41. The topological polar surface area (TPSA) is 76.2 Å². The maximum Gasteiger partial charge on any atom is 0.410 e. The van der Waals surface area contributed by atoms with Gasteiger partial charge in [-0.1, -0.05) is 6.92 Å².